The van der Waals surface area contributed by atoms with Crippen molar-refractivity contribution in [2.45, 2.75) is 47.7 Å². The molecular weight excluding hydrogens is 296 g/mol. The van der Waals surface area contributed by atoms with Crippen molar-refractivity contribution in [3.63, 3.8) is 0 Å². The average molecular weight is 319 g/mol. The Morgan fingerprint density at radius 3 is 1.11 bits per heavy atom. The topological polar surface area (TPSA) is 0 Å². The summed E-state index contributed by atoms with van der Waals surface area (Å²) in [5, 5.41) is 0. The zero-order chi connectivity index (χ0) is 12.5. The van der Waals surface area contributed by atoms with E-state index in [0.29, 0.717) is 19.0 Å². The van der Waals surface area contributed by atoms with Crippen molar-refractivity contribution in [2.24, 2.45) is 10.8 Å². The van der Waals surface area contributed by atoms with Crippen LogP contribution >= 0.6 is 47.0 Å². The Kier molecular flexibility index (Phi) is 2.90. The van der Waals surface area contributed by atoms with E-state index in [4.69, 9.17) is 0 Å². The van der Waals surface area contributed by atoms with Crippen LogP contribution in [0.25, 0.3) is 0 Å². The Morgan fingerprint density at radius 1 is 0.556 bits per heavy atom. The van der Waals surface area contributed by atoms with Crippen LogP contribution in [0.15, 0.2) is 0 Å². The van der Waals surface area contributed by atoms with E-state index in [2.05, 4.69) is 60.9 Å². The molecule has 2 saturated carbocycles. The Balaban J connectivity index is 1.65. The van der Waals surface area contributed by atoms with Crippen LogP contribution in [-0.4, -0.2) is 31.2 Å². The van der Waals surface area contributed by atoms with Crippen LogP contribution in [0.5, 0.6) is 0 Å². The molecule has 18 heavy (non-hydrogen) atoms. The van der Waals surface area contributed by atoms with Gasteiger partial charge in [-0.25, -0.2) is 0 Å². The van der Waals surface area contributed by atoms with E-state index >= 15 is 0 Å². The average Bonchev–Trinajstić information content (AvgIpc) is 2.94. The first kappa shape index (κ1) is 13.1. The minimum atomic E-state index is 0.610. The summed E-state index contributed by atoms with van der Waals surface area (Å²) in [7, 11) is 0. The summed E-state index contributed by atoms with van der Waals surface area (Å²) in [6, 6.07) is 0. The van der Waals surface area contributed by atoms with Gasteiger partial charge >= 0.3 is 0 Å². The summed E-state index contributed by atoms with van der Waals surface area (Å²) in [4.78, 5) is 0. The normalized spacial score (nSPS) is 48.3. The molecule has 2 aliphatic heterocycles. The number of hydrogen-bond donors (Lipinski definition) is 0. The van der Waals surface area contributed by atoms with E-state index < -0.39 is 0 Å². The highest BCUT2D eigenvalue weighted by Crippen LogP contribution is 2.77. The molecule has 2 spiro atoms. The molecular formula is C14H22S4. The molecule has 0 N–H and O–H groups in total. The van der Waals surface area contributed by atoms with E-state index in [1.165, 1.54) is 48.7 Å². The molecule has 0 aromatic carbocycles. The Hall–Kier alpha value is 1.40. The molecule has 4 aliphatic rings. The lowest BCUT2D eigenvalue weighted by molar-refractivity contribution is 0.157. The van der Waals surface area contributed by atoms with E-state index in [1.807, 2.05) is 0 Å². The number of fused-ring (bicyclic) bond motifs is 1. The lowest BCUT2D eigenvalue weighted by Gasteiger charge is -2.33. The van der Waals surface area contributed by atoms with E-state index in [-0.39, 0.29) is 0 Å². The summed E-state index contributed by atoms with van der Waals surface area (Å²) in [6.45, 7) is 5.24. The van der Waals surface area contributed by atoms with Crippen molar-refractivity contribution in [3.05, 3.63) is 0 Å². The molecule has 0 aromatic heterocycles. The molecule has 0 nitrogen and oxygen atoms in total. The Labute approximate surface area is 128 Å². The zero-order valence-corrected chi connectivity index (χ0v) is 14.6. The molecule has 0 amide bonds. The molecule has 0 atom stereocenters. The second-order valence-electron chi connectivity index (χ2n) is 7.04. The highest BCUT2D eigenvalue weighted by atomic mass is 32.2. The lowest BCUT2D eigenvalue weighted by Crippen LogP contribution is -2.25. The SMILES string of the molecule is CC12CC3(CC1(C)CC1(C2)SCCS1)SCCS3. The summed E-state index contributed by atoms with van der Waals surface area (Å²) < 4.78 is 1.22. The summed E-state index contributed by atoms with van der Waals surface area (Å²) in [6.07, 6.45) is 5.92. The predicted molar refractivity (Wildman–Crippen MR) is 90.0 cm³/mol. The Bertz CT molecular complexity index is 314. The van der Waals surface area contributed by atoms with Gasteiger partial charge in [0.1, 0.15) is 0 Å². The molecule has 4 fully saturated rings. The lowest BCUT2D eigenvalue weighted by atomic mass is 9.71. The molecule has 4 rings (SSSR count). The first-order chi connectivity index (χ1) is 8.49. The smallest absolute Gasteiger partial charge is 0.0622 e. The zero-order valence-electron chi connectivity index (χ0n) is 11.3. The largest absolute Gasteiger partial charge is 0.143 e. The number of thioether (sulfide) groups is 4. The van der Waals surface area contributed by atoms with Crippen LogP contribution in [0, 0.1) is 10.8 Å². The molecule has 0 radical (unpaired) electrons. The summed E-state index contributed by atoms with van der Waals surface area (Å²) >= 11 is 9.15. The van der Waals surface area contributed by atoms with E-state index in [0.717, 1.165) is 0 Å². The molecule has 0 unspecified atom stereocenters. The standard InChI is InChI=1S/C14H22S4/c1-11-7-13(15-3-4-16-13)9-12(11,2)10-14(8-11)17-5-6-18-14/h3-10H2,1-2H3. The summed E-state index contributed by atoms with van der Waals surface area (Å²) in [5.74, 6) is 5.58. The van der Waals surface area contributed by atoms with Gasteiger partial charge < -0.3 is 0 Å². The van der Waals surface area contributed by atoms with Gasteiger partial charge in [-0.15, -0.1) is 47.0 Å². The van der Waals surface area contributed by atoms with Crippen molar-refractivity contribution >= 4 is 47.0 Å². The summed E-state index contributed by atoms with van der Waals surface area (Å²) in [5.41, 5.74) is 1.23. The second kappa shape index (κ2) is 3.98. The maximum absolute atomic E-state index is 2.62. The quantitative estimate of drug-likeness (QED) is 0.620. The third kappa shape index (κ3) is 1.70. The second-order valence-corrected chi connectivity index (χ2v) is 13.5. The first-order valence-corrected chi connectivity index (χ1v) is 11.0. The fourth-order valence-corrected chi connectivity index (χ4v) is 12.7. The van der Waals surface area contributed by atoms with Gasteiger partial charge in [0.05, 0.1) is 8.16 Å². The molecule has 2 heterocycles. The van der Waals surface area contributed by atoms with Gasteiger partial charge in [0.15, 0.2) is 0 Å². The van der Waals surface area contributed by atoms with Crippen molar-refractivity contribution < 1.29 is 0 Å². The van der Waals surface area contributed by atoms with Crippen molar-refractivity contribution in [1.29, 1.82) is 0 Å². The molecule has 0 aromatic rings. The van der Waals surface area contributed by atoms with E-state index in [1.54, 1.807) is 0 Å². The van der Waals surface area contributed by atoms with Gasteiger partial charge in [0, 0.05) is 23.0 Å². The predicted octanol–water partition coefficient (Wildman–Crippen LogP) is 4.94. The third-order valence-electron chi connectivity index (χ3n) is 5.72. The molecule has 0 bridgehead atoms. The fourth-order valence-electron chi connectivity index (χ4n) is 4.88. The van der Waals surface area contributed by atoms with Crippen LogP contribution in [0.4, 0.5) is 0 Å². The molecule has 2 saturated heterocycles. The fraction of sp³-hybridized carbons (Fsp3) is 1.00. The van der Waals surface area contributed by atoms with Gasteiger partial charge in [-0.1, -0.05) is 13.8 Å². The molecule has 4 heteroatoms. The van der Waals surface area contributed by atoms with Crippen molar-refractivity contribution in [1.82, 2.24) is 0 Å². The van der Waals surface area contributed by atoms with Gasteiger partial charge in [-0.05, 0) is 36.5 Å². The minimum Gasteiger partial charge on any atom is -0.143 e. The number of hydrogen-bond acceptors (Lipinski definition) is 4. The van der Waals surface area contributed by atoms with Crippen molar-refractivity contribution in [3.8, 4) is 0 Å². The van der Waals surface area contributed by atoms with Crippen LogP contribution in [0.2, 0.25) is 0 Å². The van der Waals surface area contributed by atoms with Crippen LogP contribution in [0.1, 0.15) is 39.5 Å². The third-order valence-corrected chi connectivity index (χ3v) is 12.5. The number of rotatable bonds is 0. The monoisotopic (exact) mass is 318 g/mol. The van der Waals surface area contributed by atoms with Crippen LogP contribution in [-0.2, 0) is 0 Å². The van der Waals surface area contributed by atoms with E-state index in [9.17, 15) is 0 Å². The molecule has 102 valence electrons. The van der Waals surface area contributed by atoms with Gasteiger partial charge in [-0.3, -0.25) is 0 Å². The van der Waals surface area contributed by atoms with Gasteiger partial charge in [-0.2, -0.15) is 0 Å². The molecule has 2 aliphatic carbocycles. The highest BCUT2D eigenvalue weighted by molar-refractivity contribution is 8.21. The van der Waals surface area contributed by atoms with Gasteiger partial charge in [0.2, 0.25) is 0 Å². The van der Waals surface area contributed by atoms with Crippen molar-refractivity contribution in [2.75, 3.05) is 23.0 Å². The first-order valence-electron chi connectivity index (χ1n) is 7.05. The maximum atomic E-state index is 2.62. The van der Waals surface area contributed by atoms with Crippen LogP contribution < -0.4 is 0 Å². The maximum Gasteiger partial charge on any atom is 0.0622 e. The minimum absolute atomic E-state index is 0.610. The van der Waals surface area contributed by atoms with Crippen LogP contribution in [0.3, 0.4) is 0 Å². The highest BCUT2D eigenvalue weighted by Gasteiger charge is 2.68. The van der Waals surface area contributed by atoms with Gasteiger partial charge in [0.25, 0.3) is 0 Å². The Morgan fingerprint density at radius 2 is 0.833 bits per heavy atom.